The van der Waals surface area contributed by atoms with E-state index >= 15 is 0 Å². The summed E-state index contributed by atoms with van der Waals surface area (Å²) in [6.07, 6.45) is 3.82. The molecule has 2 aliphatic heterocycles. The molecular formula is C24H24F2N6O2S. The first-order valence-electron chi connectivity index (χ1n) is 10.9. The Balaban J connectivity index is 1.66. The van der Waals surface area contributed by atoms with E-state index in [-0.39, 0.29) is 28.8 Å². The monoisotopic (exact) mass is 498 g/mol. The smallest absolute Gasteiger partial charge is 0.239 e. The predicted octanol–water partition coefficient (Wildman–Crippen LogP) is 3.24. The Morgan fingerprint density at radius 2 is 2.03 bits per heavy atom. The highest BCUT2D eigenvalue weighted by molar-refractivity contribution is 8.15. The third-order valence-electron chi connectivity index (χ3n) is 5.99. The first kappa shape index (κ1) is 24.8. The van der Waals surface area contributed by atoms with Crippen LogP contribution in [0.5, 0.6) is 0 Å². The number of amidine groups is 1. The van der Waals surface area contributed by atoms with Gasteiger partial charge in [0.05, 0.1) is 30.0 Å². The van der Waals surface area contributed by atoms with E-state index < -0.39 is 22.1 Å². The highest BCUT2D eigenvalue weighted by atomic mass is 32.2. The molecule has 0 aromatic carbocycles. The molecule has 4 rings (SSSR count). The highest BCUT2D eigenvalue weighted by Gasteiger charge is 2.49. The number of carbonyl (C=O) groups excluding carboxylic acids is 1. The number of hydrogen-bond donors (Lipinski definition) is 1. The van der Waals surface area contributed by atoms with Gasteiger partial charge in [-0.15, -0.1) is 0 Å². The maximum absolute atomic E-state index is 15.0. The van der Waals surface area contributed by atoms with Crippen molar-refractivity contribution >= 4 is 34.7 Å². The molecule has 0 aliphatic carbocycles. The minimum Gasteiger partial charge on any atom is -0.378 e. The summed E-state index contributed by atoms with van der Waals surface area (Å²) >= 11 is 1.16. The molecule has 4 heterocycles. The first-order valence-corrected chi connectivity index (χ1v) is 11.8. The SMILES string of the molecule is C[C@]1(C(=O)N2CCOCC2)C[C@@](C)(c2cc(/C=C(\F)c3ccc(C#N)cn3)cnc2F)N=C(N)S1. The number of morpholine rings is 1. The molecule has 2 aromatic heterocycles. The molecule has 0 unspecified atom stereocenters. The van der Waals surface area contributed by atoms with Crippen molar-refractivity contribution in [3.05, 3.63) is 58.9 Å². The zero-order valence-electron chi connectivity index (χ0n) is 19.3. The van der Waals surface area contributed by atoms with E-state index in [2.05, 4.69) is 15.0 Å². The minimum absolute atomic E-state index is 0.0288. The van der Waals surface area contributed by atoms with E-state index in [1.54, 1.807) is 18.7 Å². The fraction of sp³-hybridized carbons (Fsp3) is 0.375. The number of rotatable bonds is 4. The van der Waals surface area contributed by atoms with Crippen LogP contribution in [0, 0.1) is 17.3 Å². The molecule has 2 aliphatic rings. The third-order valence-corrected chi connectivity index (χ3v) is 7.06. The number of nitriles is 1. The predicted molar refractivity (Wildman–Crippen MR) is 129 cm³/mol. The van der Waals surface area contributed by atoms with E-state index in [4.69, 9.17) is 15.7 Å². The van der Waals surface area contributed by atoms with Gasteiger partial charge in [0.1, 0.15) is 16.6 Å². The lowest BCUT2D eigenvalue weighted by molar-refractivity contribution is -0.138. The normalized spacial score (nSPS) is 25.1. The van der Waals surface area contributed by atoms with E-state index in [0.717, 1.165) is 11.8 Å². The largest absolute Gasteiger partial charge is 0.378 e. The summed E-state index contributed by atoms with van der Waals surface area (Å²) in [6.45, 7) is 5.33. The number of pyridine rings is 2. The summed E-state index contributed by atoms with van der Waals surface area (Å²) < 4.78 is 34.2. The Hall–Kier alpha value is -3.36. The molecule has 1 amide bonds. The average Bonchev–Trinajstić information content (AvgIpc) is 2.84. The van der Waals surface area contributed by atoms with E-state index in [9.17, 15) is 13.6 Å². The van der Waals surface area contributed by atoms with Gasteiger partial charge in [0.25, 0.3) is 0 Å². The molecule has 2 aromatic rings. The summed E-state index contributed by atoms with van der Waals surface area (Å²) in [5.41, 5.74) is 5.67. The van der Waals surface area contributed by atoms with Crippen molar-refractivity contribution in [2.75, 3.05) is 26.3 Å². The second-order valence-electron chi connectivity index (χ2n) is 8.78. The van der Waals surface area contributed by atoms with Gasteiger partial charge in [0, 0.05) is 37.5 Å². The van der Waals surface area contributed by atoms with E-state index in [1.807, 2.05) is 6.07 Å². The van der Waals surface area contributed by atoms with Crippen LogP contribution in [-0.2, 0) is 15.1 Å². The van der Waals surface area contributed by atoms with Crippen LogP contribution in [0.4, 0.5) is 8.78 Å². The van der Waals surface area contributed by atoms with Crippen LogP contribution in [0.25, 0.3) is 11.9 Å². The fourth-order valence-corrected chi connectivity index (χ4v) is 5.63. The van der Waals surface area contributed by atoms with Gasteiger partial charge in [0.15, 0.2) is 5.17 Å². The number of nitrogens with two attached hydrogens (primary N) is 1. The van der Waals surface area contributed by atoms with Crippen molar-refractivity contribution in [2.45, 2.75) is 30.6 Å². The maximum atomic E-state index is 15.0. The summed E-state index contributed by atoms with van der Waals surface area (Å²) in [4.78, 5) is 27.3. The van der Waals surface area contributed by atoms with Crippen LogP contribution in [0.3, 0.4) is 0 Å². The van der Waals surface area contributed by atoms with Gasteiger partial charge in [-0.1, -0.05) is 11.8 Å². The molecule has 0 bridgehead atoms. The minimum atomic E-state index is -1.20. The Morgan fingerprint density at radius 1 is 1.29 bits per heavy atom. The molecule has 35 heavy (non-hydrogen) atoms. The number of nitrogens with zero attached hydrogens (tertiary/aromatic N) is 5. The van der Waals surface area contributed by atoms with Crippen LogP contribution in [-0.4, -0.2) is 57.0 Å². The Morgan fingerprint density at radius 3 is 2.69 bits per heavy atom. The average molecular weight is 499 g/mol. The van der Waals surface area contributed by atoms with Crippen molar-refractivity contribution in [3.63, 3.8) is 0 Å². The van der Waals surface area contributed by atoms with E-state index in [0.29, 0.717) is 37.4 Å². The number of carbonyl (C=O) groups is 1. The van der Waals surface area contributed by atoms with Gasteiger partial charge in [-0.25, -0.2) is 9.37 Å². The first-order chi connectivity index (χ1) is 16.6. The molecule has 0 spiro atoms. The van der Waals surface area contributed by atoms with E-state index in [1.165, 1.54) is 36.7 Å². The topological polar surface area (TPSA) is 117 Å². The van der Waals surface area contributed by atoms with Crippen molar-refractivity contribution < 1.29 is 18.3 Å². The molecular weight excluding hydrogens is 474 g/mol. The van der Waals surface area contributed by atoms with Crippen molar-refractivity contribution in [2.24, 2.45) is 10.7 Å². The summed E-state index contributed by atoms with van der Waals surface area (Å²) in [7, 11) is 0. The Kier molecular flexibility index (Phi) is 6.87. The molecule has 182 valence electrons. The van der Waals surface area contributed by atoms with Gasteiger partial charge in [-0.3, -0.25) is 14.8 Å². The van der Waals surface area contributed by atoms with Gasteiger partial charge in [0.2, 0.25) is 11.9 Å². The number of thioether (sulfide) groups is 1. The van der Waals surface area contributed by atoms with Gasteiger partial charge in [-0.2, -0.15) is 9.65 Å². The molecule has 0 saturated carbocycles. The lowest BCUT2D eigenvalue weighted by Gasteiger charge is -2.43. The number of aromatic nitrogens is 2. The lowest BCUT2D eigenvalue weighted by Crippen LogP contribution is -2.54. The second kappa shape index (κ2) is 9.71. The third kappa shape index (κ3) is 5.18. The summed E-state index contributed by atoms with van der Waals surface area (Å²) in [5, 5.41) is 9.04. The number of ether oxygens (including phenoxy) is 1. The molecule has 2 N–H and O–H groups in total. The van der Waals surface area contributed by atoms with Crippen LogP contribution in [0.15, 0.2) is 35.6 Å². The van der Waals surface area contributed by atoms with Gasteiger partial charge >= 0.3 is 0 Å². The van der Waals surface area contributed by atoms with Gasteiger partial charge in [-0.05, 0) is 43.7 Å². The fourth-order valence-electron chi connectivity index (χ4n) is 4.35. The molecule has 1 fully saturated rings. The number of halogens is 2. The molecule has 1 saturated heterocycles. The number of amides is 1. The molecule has 2 atom stereocenters. The van der Waals surface area contributed by atoms with Crippen LogP contribution >= 0.6 is 11.8 Å². The van der Waals surface area contributed by atoms with Crippen molar-refractivity contribution in [1.29, 1.82) is 5.26 Å². The Bertz CT molecular complexity index is 1240. The standard InChI is InChI=1S/C24H24F2N6O2S/c1-23(14-24(2,35-22(28)31-23)21(33)32-5-7-34-8-6-32)17-9-16(13-30-20(17)26)10-18(25)19-4-3-15(11-27)12-29-19/h3-4,9-10,12-13H,5-8,14H2,1-2H3,(H2,28,31)/b18-10-/t23-,24+/m0/s1. The Labute approximate surface area is 205 Å². The molecule has 0 radical (unpaired) electrons. The maximum Gasteiger partial charge on any atom is 0.239 e. The molecule has 8 nitrogen and oxygen atoms in total. The van der Waals surface area contributed by atoms with Gasteiger partial charge < -0.3 is 15.4 Å². The number of hydrogen-bond acceptors (Lipinski definition) is 8. The van der Waals surface area contributed by atoms with Crippen LogP contribution in [0.1, 0.15) is 42.7 Å². The van der Waals surface area contributed by atoms with Crippen LogP contribution in [0.2, 0.25) is 0 Å². The lowest BCUT2D eigenvalue weighted by atomic mass is 9.82. The highest BCUT2D eigenvalue weighted by Crippen LogP contribution is 2.46. The van der Waals surface area contributed by atoms with Crippen LogP contribution < -0.4 is 5.73 Å². The van der Waals surface area contributed by atoms with Crippen molar-refractivity contribution in [3.8, 4) is 6.07 Å². The van der Waals surface area contributed by atoms with Crippen molar-refractivity contribution in [1.82, 2.24) is 14.9 Å². The summed E-state index contributed by atoms with van der Waals surface area (Å²) in [5.74, 6) is -1.56. The zero-order valence-corrected chi connectivity index (χ0v) is 20.1. The quantitative estimate of drug-likeness (QED) is 0.643. The second-order valence-corrected chi connectivity index (χ2v) is 10.3. The molecule has 11 heteroatoms. The number of aliphatic imine (C=N–C) groups is 1. The zero-order chi connectivity index (χ0) is 25.2. The summed E-state index contributed by atoms with van der Waals surface area (Å²) in [6, 6.07) is 6.22.